The minimum atomic E-state index is -0.784. The molecule has 3 nitrogen and oxygen atoms in total. The summed E-state index contributed by atoms with van der Waals surface area (Å²) in [7, 11) is 2.13. The maximum Gasteiger partial charge on any atom is 0.307 e. The van der Waals surface area contributed by atoms with E-state index >= 15 is 0 Å². The van der Waals surface area contributed by atoms with Crippen LogP contribution in [0.1, 0.15) is 28.2 Å². The average Bonchev–Trinajstić information content (AvgIpc) is 2.46. The quantitative estimate of drug-likeness (QED) is 0.940. The number of nitrogens with zero attached hydrogens (tertiary/aromatic N) is 1. The van der Waals surface area contributed by atoms with Crippen molar-refractivity contribution in [2.45, 2.75) is 18.9 Å². The summed E-state index contributed by atoms with van der Waals surface area (Å²) >= 11 is 0. The van der Waals surface area contributed by atoms with Crippen molar-refractivity contribution in [3.05, 3.63) is 70.8 Å². The molecule has 3 rings (SSSR count). The lowest BCUT2D eigenvalue weighted by Crippen LogP contribution is -2.30. The lowest BCUT2D eigenvalue weighted by molar-refractivity contribution is -0.136. The van der Waals surface area contributed by atoms with Gasteiger partial charge >= 0.3 is 5.97 Å². The van der Waals surface area contributed by atoms with Crippen molar-refractivity contribution in [3.63, 3.8) is 0 Å². The van der Waals surface area contributed by atoms with Crippen molar-refractivity contribution in [3.8, 4) is 0 Å². The van der Waals surface area contributed by atoms with Crippen LogP contribution in [0.15, 0.2) is 48.5 Å². The number of aliphatic carboxylic acids is 1. The molecule has 1 aliphatic heterocycles. The van der Waals surface area contributed by atoms with Gasteiger partial charge in [0.15, 0.2) is 0 Å². The Hall–Kier alpha value is -2.13. The van der Waals surface area contributed by atoms with Crippen molar-refractivity contribution in [2.24, 2.45) is 0 Å². The molecule has 0 spiro atoms. The summed E-state index contributed by atoms with van der Waals surface area (Å²) in [6.45, 7) is 1.94. The van der Waals surface area contributed by atoms with Gasteiger partial charge in [-0.25, -0.2) is 0 Å². The summed E-state index contributed by atoms with van der Waals surface area (Å²) in [5.41, 5.74) is 4.79. The summed E-state index contributed by atoms with van der Waals surface area (Å²) in [5, 5.41) is 8.96. The van der Waals surface area contributed by atoms with Crippen LogP contribution in [0.2, 0.25) is 0 Å². The van der Waals surface area contributed by atoms with Crippen molar-refractivity contribution < 1.29 is 9.90 Å². The second-order valence-electron chi connectivity index (χ2n) is 5.76. The number of benzene rings is 2. The first-order chi connectivity index (χ1) is 10.1. The molecule has 0 saturated carbocycles. The normalized spacial score (nSPS) is 18.2. The molecule has 0 bridgehead atoms. The van der Waals surface area contributed by atoms with E-state index in [0.29, 0.717) is 5.92 Å². The van der Waals surface area contributed by atoms with E-state index in [1.807, 2.05) is 18.2 Å². The largest absolute Gasteiger partial charge is 0.481 e. The first-order valence-electron chi connectivity index (χ1n) is 7.20. The molecule has 108 valence electrons. The van der Waals surface area contributed by atoms with Gasteiger partial charge in [0.1, 0.15) is 0 Å². The maximum absolute atomic E-state index is 10.9. The highest BCUT2D eigenvalue weighted by molar-refractivity contribution is 5.70. The van der Waals surface area contributed by atoms with Crippen LogP contribution < -0.4 is 0 Å². The third kappa shape index (κ3) is 2.98. The van der Waals surface area contributed by atoms with Gasteiger partial charge in [-0.15, -0.1) is 0 Å². The number of hydrogen-bond acceptors (Lipinski definition) is 2. The van der Waals surface area contributed by atoms with Crippen molar-refractivity contribution in [1.82, 2.24) is 4.90 Å². The van der Waals surface area contributed by atoms with Crippen LogP contribution in [-0.4, -0.2) is 29.6 Å². The Labute approximate surface area is 124 Å². The SMILES string of the molecule is CN1Cc2ccccc2[C@@H](c2cccc(CC(=O)O)c2)C1. The Bertz CT molecular complexity index is 666. The minimum Gasteiger partial charge on any atom is -0.481 e. The number of carbonyl (C=O) groups is 1. The first-order valence-corrected chi connectivity index (χ1v) is 7.20. The smallest absolute Gasteiger partial charge is 0.307 e. The zero-order chi connectivity index (χ0) is 14.8. The van der Waals surface area contributed by atoms with Crippen molar-refractivity contribution in [2.75, 3.05) is 13.6 Å². The highest BCUT2D eigenvalue weighted by Crippen LogP contribution is 2.33. The standard InChI is InChI=1S/C18H19NO2/c1-19-11-15-6-2-3-8-16(15)17(12-19)14-7-4-5-13(9-14)10-18(20)21/h2-9,17H,10-12H2,1H3,(H,20,21)/t17-/m1/s1. The molecule has 0 radical (unpaired) electrons. The topological polar surface area (TPSA) is 40.5 Å². The molecule has 0 amide bonds. The fourth-order valence-corrected chi connectivity index (χ4v) is 3.16. The summed E-state index contributed by atoms with van der Waals surface area (Å²) in [4.78, 5) is 13.2. The van der Waals surface area contributed by atoms with Crippen LogP contribution in [0, 0.1) is 0 Å². The molecular formula is C18H19NO2. The number of hydrogen-bond donors (Lipinski definition) is 1. The second-order valence-corrected chi connectivity index (χ2v) is 5.76. The van der Waals surface area contributed by atoms with Crippen LogP contribution in [-0.2, 0) is 17.8 Å². The molecular weight excluding hydrogens is 262 g/mol. The minimum absolute atomic E-state index is 0.0814. The predicted molar refractivity (Wildman–Crippen MR) is 82.4 cm³/mol. The van der Waals surface area contributed by atoms with Gasteiger partial charge in [-0.3, -0.25) is 4.79 Å². The molecule has 0 fully saturated rings. The molecule has 3 heteroatoms. The van der Waals surface area contributed by atoms with Crippen LogP contribution in [0.4, 0.5) is 0 Å². The molecule has 1 aliphatic rings. The molecule has 2 aromatic carbocycles. The van der Waals surface area contributed by atoms with E-state index in [4.69, 9.17) is 5.11 Å². The Morgan fingerprint density at radius 1 is 1.24 bits per heavy atom. The highest BCUT2D eigenvalue weighted by atomic mass is 16.4. The molecule has 0 saturated heterocycles. The summed E-state index contributed by atoms with van der Waals surface area (Å²) < 4.78 is 0. The Kier molecular flexibility index (Phi) is 3.76. The van der Waals surface area contributed by atoms with E-state index in [9.17, 15) is 4.79 Å². The first kappa shape index (κ1) is 13.8. The second kappa shape index (κ2) is 5.70. The van der Waals surface area contributed by atoms with Crippen molar-refractivity contribution in [1.29, 1.82) is 0 Å². The number of carboxylic acid groups (broad SMARTS) is 1. The Morgan fingerprint density at radius 2 is 2.05 bits per heavy atom. The van der Waals surface area contributed by atoms with E-state index < -0.39 is 5.97 Å². The Morgan fingerprint density at radius 3 is 2.86 bits per heavy atom. The van der Waals surface area contributed by atoms with Crippen LogP contribution in [0.5, 0.6) is 0 Å². The van der Waals surface area contributed by atoms with Crippen molar-refractivity contribution >= 4 is 5.97 Å². The van der Waals surface area contributed by atoms with Gasteiger partial charge in [0.2, 0.25) is 0 Å². The van der Waals surface area contributed by atoms with E-state index in [2.05, 4.69) is 42.3 Å². The van der Waals surface area contributed by atoms with Crippen LogP contribution >= 0.6 is 0 Å². The number of fused-ring (bicyclic) bond motifs is 1. The summed E-state index contributed by atoms with van der Waals surface area (Å²) in [6, 6.07) is 16.5. The zero-order valence-electron chi connectivity index (χ0n) is 12.1. The predicted octanol–water partition coefficient (Wildman–Crippen LogP) is 2.89. The Balaban J connectivity index is 1.98. The molecule has 1 heterocycles. The molecule has 1 N–H and O–H groups in total. The lowest BCUT2D eigenvalue weighted by Gasteiger charge is -2.32. The third-order valence-electron chi connectivity index (χ3n) is 4.07. The average molecular weight is 281 g/mol. The van der Waals surface area contributed by atoms with E-state index in [1.165, 1.54) is 16.7 Å². The molecule has 1 atom stereocenters. The molecule has 2 aromatic rings. The molecule has 0 aliphatic carbocycles. The molecule has 21 heavy (non-hydrogen) atoms. The summed E-state index contributed by atoms with van der Waals surface area (Å²) in [6.07, 6.45) is 0.0814. The fraction of sp³-hybridized carbons (Fsp3) is 0.278. The van der Waals surface area contributed by atoms with Gasteiger partial charge < -0.3 is 10.0 Å². The van der Waals surface area contributed by atoms with Crippen LogP contribution in [0.3, 0.4) is 0 Å². The van der Waals surface area contributed by atoms with Gasteiger partial charge in [-0.1, -0.05) is 48.5 Å². The molecule has 0 aromatic heterocycles. The van der Waals surface area contributed by atoms with Gasteiger partial charge in [-0.2, -0.15) is 0 Å². The fourth-order valence-electron chi connectivity index (χ4n) is 3.16. The van der Waals surface area contributed by atoms with Gasteiger partial charge in [0.05, 0.1) is 6.42 Å². The highest BCUT2D eigenvalue weighted by Gasteiger charge is 2.24. The van der Waals surface area contributed by atoms with E-state index in [-0.39, 0.29) is 6.42 Å². The van der Waals surface area contributed by atoms with Gasteiger partial charge in [0.25, 0.3) is 0 Å². The maximum atomic E-state index is 10.9. The number of carboxylic acids is 1. The van der Waals surface area contributed by atoms with E-state index in [1.54, 1.807) is 0 Å². The lowest BCUT2D eigenvalue weighted by atomic mass is 9.84. The van der Waals surface area contributed by atoms with Gasteiger partial charge in [0, 0.05) is 19.0 Å². The zero-order valence-corrected chi connectivity index (χ0v) is 12.1. The monoisotopic (exact) mass is 281 g/mol. The third-order valence-corrected chi connectivity index (χ3v) is 4.07. The van der Waals surface area contributed by atoms with Crippen LogP contribution in [0.25, 0.3) is 0 Å². The summed E-state index contributed by atoms with van der Waals surface area (Å²) in [5.74, 6) is -0.470. The number of likely N-dealkylation sites (N-methyl/N-ethyl adjacent to an activating group) is 1. The van der Waals surface area contributed by atoms with E-state index in [0.717, 1.165) is 18.7 Å². The molecule has 0 unspecified atom stereocenters. The van der Waals surface area contributed by atoms with Gasteiger partial charge in [-0.05, 0) is 29.3 Å². The number of rotatable bonds is 3.